The summed E-state index contributed by atoms with van der Waals surface area (Å²) >= 11 is 1.53. The van der Waals surface area contributed by atoms with Gasteiger partial charge in [-0.3, -0.25) is 4.79 Å². The fraction of sp³-hybridized carbons (Fsp3) is 0.0625. The number of carbonyl (C=O) groups excluding carboxylic acids is 1. The second kappa shape index (κ2) is 4.14. The molecule has 0 fully saturated rings. The van der Waals surface area contributed by atoms with Gasteiger partial charge in [-0.2, -0.15) is 0 Å². The van der Waals surface area contributed by atoms with E-state index in [1.165, 1.54) is 11.8 Å². The fourth-order valence-corrected chi connectivity index (χ4v) is 3.16. The summed E-state index contributed by atoms with van der Waals surface area (Å²) in [5, 5.41) is 1.78. The third-order valence-corrected chi connectivity index (χ3v) is 4.19. The molecule has 0 saturated heterocycles. The van der Waals surface area contributed by atoms with Crippen LogP contribution in [-0.4, -0.2) is 5.78 Å². The number of ketones is 1. The number of allylic oxidation sites excluding steroid dienone is 1. The molecule has 0 amide bonds. The van der Waals surface area contributed by atoms with Crippen molar-refractivity contribution in [1.82, 2.24) is 0 Å². The molecule has 0 bridgehead atoms. The highest BCUT2D eigenvalue weighted by atomic mass is 32.2. The van der Waals surface area contributed by atoms with Gasteiger partial charge in [0.15, 0.2) is 5.78 Å². The van der Waals surface area contributed by atoms with E-state index in [0.29, 0.717) is 0 Å². The monoisotopic (exact) mass is 252 g/mol. The van der Waals surface area contributed by atoms with Gasteiger partial charge >= 0.3 is 0 Å². The third-order valence-electron chi connectivity index (χ3n) is 3.26. The summed E-state index contributed by atoms with van der Waals surface area (Å²) in [6.07, 6.45) is 0. The molecule has 0 aromatic carbocycles. The minimum Gasteiger partial charge on any atom is -0.289 e. The van der Waals surface area contributed by atoms with Crippen LogP contribution in [0.15, 0.2) is 54.0 Å². The number of rotatable bonds is 2. The predicted molar refractivity (Wildman–Crippen MR) is 77.8 cm³/mol. The van der Waals surface area contributed by atoms with Crippen molar-refractivity contribution in [3.8, 4) is 11.1 Å². The Kier molecular flexibility index (Phi) is 2.60. The van der Waals surface area contributed by atoms with Crippen molar-refractivity contribution in [3.63, 3.8) is 0 Å². The van der Waals surface area contributed by atoms with Gasteiger partial charge in [0.25, 0.3) is 0 Å². The summed E-state index contributed by atoms with van der Waals surface area (Å²) in [6, 6.07) is 12.1. The van der Waals surface area contributed by atoms with Gasteiger partial charge in [0.2, 0.25) is 0 Å². The molecule has 0 aliphatic heterocycles. The highest BCUT2D eigenvalue weighted by Gasteiger charge is 2.31. The molecular weight excluding hydrogens is 240 g/mol. The fourth-order valence-electron chi connectivity index (χ4n) is 2.44. The summed E-state index contributed by atoms with van der Waals surface area (Å²) < 4.78 is 0. The molecular formula is C16H12OS. The van der Waals surface area contributed by atoms with Crippen molar-refractivity contribution < 1.29 is 4.79 Å². The van der Waals surface area contributed by atoms with E-state index in [2.05, 4.69) is 12.6 Å². The summed E-state index contributed by atoms with van der Waals surface area (Å²) in [5.74, 6) is 0.149. The van der Waals surface area contributed by atoms with Gasteiger partial charge in [-0.05, 0) is 29.5 Å². The van der Waals surface area contributed by atoms with Gasteiger partial charge in [-0.25, -0.2) is 0 Å². The van der Waals surface area contributed by atoms with Crippen LogP contribution in [0.1, 0.15) is 22.8 Å². The molecule has 0 unspecified atom stereocenters. The van der Waals surface area contributed by atoms with Crippen LogP contribution in [0.3, 0.4) is 0 Å². The molecule has 0 aromatic rings. The zero-order chi connectivity index (χ0) is 12.7. The van der Waals surface area contributed by atoms with Gasteiger partial charge in [-0.1, -0.05) is 48.7 Å². The number of thioether (sulfide) groups is 1. The highest BCUT2D eigenvalue weighted by molar-refractivity contribution is 8.11. The maximum atomic E-state index is 12.4. The first kappa shape index (κ1) is 11.3. The van der Waals surface area contributed by atoms with Crippen LogP contribution in [0.25, 0.3) is 16.0 Å². The van der Waals surface area contributed by atoms with Crippen molar-refractivity contribution in [2.75, 3.05) is 0 Å². The van der Waals surface area contributed by atoms with Crippen LogP contribution >= 0.6 is 11.8 Å². The zero-order valence-corrected chi connectivity index (χ0v) is 10.9. The van der Waals surface area contributed by atoms with Crippen LogP contribution < -0.4 is 0 Å². The van der Waals surface area contributed by atoms with E-state index < -0.39 is 0 Å². The quantitative estimate of drug-likeness (QED) is 0.777. The van der Waals surface area contributed by atoms with Crippen LogP contribution in [0.2, 0.25) is 0 Å². The lowest BCUT2D eigenvalue weighted by Crippen LogP contribution is -1.95. The van der Waals surface area contributed by atoms with Gasteiger partial charge in [0.1, 0.15) is 0 Å². The topological polar surface area (TPSA) is 17.1 Å². The summed E-state index contributed by atoms with van der Waals surface area (Å²) in [6.45, 7) is 5.63. The van der Waals surface area contributed by atoms with Gasteiger partial charge in [0.05, 0.1) is 0 Å². The number of fused-ring (bicyclic) bond motifs is 3. The lowest BCUT2D eigenvalue weighted by Gasteiger charge is -1.98. The minimum absolute atomic E-state index is 0.149. The summed E-state index contributed by atoms with van der Waals surface area (Å²) in [5.41, 5.74) is 4.90. The maximum Gasteiger partial charge on any atom is 0.191 e. The Labute approximate surface area is 111 Å². The Morgan fingerprint density at radius 2 is 1.94 bits per heavy atom. The molecule has 0 atom stereocenters. The van der Waals surface area contributed by atoms with E-state index in [1.807, 2.05) is 37.3 Å². The molecule has 3 rings (SSSR count). The van der Waals surface area contributed by atoms with Crippen molar-refractivity contribution in [3.05, 3.63) is 65.1 Å². The Hall–Kier alpha value is -1.80. The van der Waals surface area contributed by atoms with E-state index in [-0.39, 0.29) is 5.78 Å². The van der Waals surface area contributed by atoms with Crippen molar-refractivity contribution >= 4 is 22.5 Å². The number of Topliss-reactive ketones (excluding diaryl/α,β-unsaturated/α-hetero) is 1. The third kappa shape index (κ3) is 1.46. The van der Waals surface area contributed by atoms with E-state index in [0.717, 1.165) is 32.7 Å². The molecule has 0 radical (unpaired) electrons. The summed E-state index contributed by atoms with van der Waals surface area (Å²) in [4.78, 5) is 13.4. The Morgan fingerprint density at radius 1 is 1.17 bits per heavy atom. The van der Waals surface area contributed by atoms with Crippen molar-refractivity contribution in [2.45, 2.75) is 6.92 Å². The van der Waals surface area contributed by atoms with Crippen molar-refractivity contribution in [1.29, 1.82) is 0 Å². The first-order valence-corrected chi connectivity index (χ1v) is 6.67. The molecule has 3 aliphatic carbocycles. The smallest absolute Gasteiger partial charge is 0.191 e. The normalized spacial score (nSPS) is 14.2. The molecule has 2 heteroatoms. The van der Waals surface area contributed by atoms with E-state index in [4.69, 9.17) is 0 Å². The molecule has 18 heavy (non-hydrogen) atoms. The Morgan fingerprint density at radius 3 is 2.72 bits per heavy atom. The maximum absolute atomic E-state index is 12.4. The highest BCUT2D eigenvalue weighted by Crippen LogP contribution is 2.46. The van der Waals surface area contributed by atoms with Crippen LogP contribution in [-0.2, 0) is 0 Å². The largest absolute Gasteiger partial charge is 0.289 e. The lowest BCUT2D eigenvalue weighted by molar-refractivity contribution is 0.103. The average Bonchev–Trinajstić information content (AvgIpc) is 2.70. The van der Waals surface area contributed by atoms with Gasteiger partial charge in [-0.15, -0.1) is 0 Å². The molecule has 1 nitrogen and oxygen atoms in total. The zero-order valence-electron chi connectivity index (χ0n) is 10.1. The molecule has 88 valence electrons. The first-order chi connectivity index (χ1) is 8.74. The number of hydrogen-bond donors (Lipinski definition) is 0. The van der Waals surface area contributed by atoms with Crippen LogP contribution in [0.4, 0.5) is 0 Å². The van der Waals surface area contributed by atoms with Crippen LogP contribution in [0.5, 0.6) is 0 Å². The second-order valence-corrected chi connectivity index (χ2v) is 5.26. The van der Waals surface area contributed by atoms with Gasteiger partial charge < -0.3 is 0 Å². The Bertz CT molecular complexity index is 667. The predicted octanol–water partition coefficient (Wildman–Crippen LogP) is 4.60. The first-order valence-electron chi connectivity index (χ1n) is 5.79. The standard InChI is InChI=1S/C16H12OS/c1-3-18-16-10(2)15(17)14-12-8-6-4-5-7-11(12)9-13(14)16/h3-9H,1H2,2H3. The minimum atomic E-state index is 0.149. The number of carbonyl (C=O) groups is 1. The second-order valence-electron chi connectivity index (χ2n) is 4.28. The molecule has 0 spiro atoms. The molecule has 3 aliphatic rings. The van der Waals surface area contributed by atoms with Crippen LogP contribution in [0, 0.1) is 0 Å². The van der Waals surface area contributed by atoms with E-state index in [9.17, 15) is 4.79 Å². The number of hydrogen-bond acceptors (Lipinski definition) is 2. The average molecular weight is 252 g/mol. The molecule has 0 N–H and O–H groups in total. The van der Waals surface area contributed by atoms with Crippen molar-refractivity contribution in [2.24, 2.45) is 0 Å². The molecule has 0 saturated carbocycles. The van der Waals surface area contributed by atoms with Gasteiger partial charge in [0, 0.05) is 21.6 Å². The molecule has 0 heterocycles. The Balaban J connectivity index is 2.31. The molecule has 0 aromatic heterocycles. The van der Waals surface area contributed by atoms with E-state index in [1.54, 1.807) is 5.41 Å². The van der Waals surface area contributed by atoms with E-state index >= 15 is 0 Å². The summed E-state index contributed by atoms with van der Waals surface area (Å²) in [7, 11) is 0. The SMILES string of the molecule is C=CSC1=C(C)C(=O)c2c1cc1cccccc2-1. The lowest BCUT2D eigenvalue weighted by atomic mass is 10.1.